The highest BCUT2D eigenvalue weighted by molar-refractivity contribution is 7.14. The van der Waals surface area contributed by atoms with E-state index in [-0.39, 0.29) is 18.9 Å². The first kappa shape index (κ1) is 25.1. The molecule has 4 aromatic rings. The van der Waals surface area contributed by atoms with Gasteiger partial charge in [0.2, 0.25) is 0 Å². The molecule has 0 saturated heterocycles. The maximum absolute atomic E-state index is 14.0. The van der Waals surface area contributed by atoms with E-state index in [1.807, 2.05) is 23.9 Å². The number of amides is 3. The molecular formula is C29H24F2N4O3S. The number of hydrogen-bond donors (Lipinski definition) is 1. The fourth-order valence-electron chi connectivity index (χ4n) is 5.31. The van der Waals surface area contributed by atoms with Crippen LogP contribution in [0.2, 0.25) is 0 Å². The number of thiophene rings is 1. The molecule has 2 aromatic heterocycles. The minimum absolute atomic E-state index is 0.0906. The molecule has 0 aliphatic carbocycles. The summed E-state index contributed by atoms with van der Waals surface area (Å²) in [5, 5.41) is 7.42. The summed E-state index contributed by atoms with van der Waals surface area (Å²) in [5.74, 6) is -3.25. The number of nitrogens with zero attached hydrogens (tertiary/aromatic N) is 3. The van der Waals surface area contributed by atoms with Crippen molar-refractivity contribution in [3.63, 3.8) is 0 Å². The third kappa shape index (κ3) is 4.54. The van der Waals surface area contributed by atoms with Crippen molar-refractivity contribution in [2.24, 2.45) is 0 Å². The predicted molar refractivity (Wildman–Crippen MR) is 142 cm³/mol. The summed E-state index contributed by atoms with van der Waals surface area (Å²) in [6, 6.07) is 11.2. The number of carbonyl (C=O) groups is 3. The summed E-state index contributed by atoms with van der Waals surface area (Å²) in [5.41, 5.74) is 4.04. The maximum atomic E-state index is 14.0. The topological polar surface area (TPSA) is 84.3 Å². The number of hydrogen-bond acceptors (Lipinski definition) is 5. The normalized spacial score (nSPS) is 15.0. The van der Waals surface area contributed by atoms with Gasteiger partial charge in [-0.05, 0) is 67.6 Å². The largest absolute Gasteiger partial charge is 0.346 e. The van der Waals surface area contributed by atoms with Crippen LogP contribution in [0.15, 0.2) is 54.7 Å². The van der Waals surface area contributed by atoms with Gasteiger partial charge in [-0.2, -0.15) is 5.10 Å². The molecule has 1 N–H and O–H groups in total. The number of aromatic nitrogens is 2. The van der Waals surface area contributed by atoms with Crippen LogP contribution in [-0.4, -0.2) is 45.0 Å². The third-order valence-electron chi connectivity index (χ3n) is 7.17. The zero-order chi connectivity index (χ0) is 27.3. The standard InChI is InChI=1S/C29H24F2N4O3S/c1-16-14-32-35-10-4-7-24-21(26(16)35)13-25(39-24)27(36)33-18(11-17-8-9-22(30)23(31)12-17)15-34-28(37)19-5-2-3-6-20(19)29(34)38/h2-3,5-6,8-9,12-14,18H,4,7,10-11,15H2,1H3,(H,33,36). The molecule has 7 nitrogen and oxygen atoms in total. The summed E-state index contributed by atoms with van der Waals surface area (Å²) in [6.45, 7) is 2.68. The molecule has 3 amide bonds. The Kier molecular flexibility index (Phi) is 6.34. The van der Waals surface area contributed by atoms with E-state index in [4.69, 9.17) is 0 Å². The lowest BCUT2D eigenvalue weighted by Gasteiger charge is -2.24. The molecule has 2 aliphatic heterocycles. The second-order valence-corrected chi connectivity index (χ2v) is 11.0. The number of benzene rings is 2. The van der Waals surface area contributed by atoms with Gasteiger partial charge in [0.05, 0.1) is 33.9 Å². The lowest BCUT2D eigenvalue weighted by Crippen LogP contribution is -2.46. The fraction of sp³-hybridized carbons (Fsp3) is 0.241. The Morgan fingerprint density at radius 2 is 1.79 bits per heavy atom. The van der Waals surface area contributed by atoms with Crippen LogP contribution in [0.25, 0.3) is 11.3 Å². The van der Waals surface area contributed by atoms with Crippen LogP contribution in [-0.2, 0) is 19.4 Å². The lowest BCUT2D eigenvalue weighted by atomic mass is 10.0. The van der Waals surface area contributed by atoms with E-state index >= 15 is 0 Å². The molecule has 0 radical (unpaired) electrons. The van der Waals surface area contributed by atoms with E-state index in [0.29, 0.717) is 21.6 Å². The van der Waals surface area contributed by atoms with Crippen molar-refractivity contribution >= 4 is 29.1 Å². The van der Waals surface area contributed by atoms with Crippen molar-refractivity contribution in [3.8, 4) is 11.3 Å². The van der Waals surface area contributed by atoms with E-state index in [0.717, 1.165) is 58.1 Å². The highest BCUT2D eigenvalue weighted by Crippen LogP contribution is 2.37. The first-order valence-corrected chi connectivity index (χ1v) is 13.5. The first-order valence-electron chi connectivity index (χ1n) is 12.7. The zero-order valence-electron chi connectivity index (χ0n) is 21.0. The van der Waals surface area contributed by atoms with Crippen LogP contribution in [0, 0.1) is 18.6 Å². The zero-order valence-corrected chi connectivity index (χ0v) is 21.9. The summed E-state index contributed by atoms with van der Waals surface area (Å²) < 4.78 is 29.5. The number of halogens is 2. The highest BCUT2D eigenvalue weighted by Gasteiger charge is 2.37. The second-order valence-electron chi connectivity index (χ2n) is 9.84. The average molecular weight is 547 g/mol. The van der Waals surface area contributed by atoms with Crippen molar-refractivity contribution in [2.45, 2.75) is 38.8 Å². The van der Waals surface area contributed by atoms with Crippen molar-refractivity contribution in [1.29, 1.82) is 0 Å². The van der Waals surface area contributed by atoms with Gasteiger partial charge in [-0.25, -0.2) is 8.78 Å². The number of imide groups is 1. The molecule has 6 rings (SSSR count). The molecule has 1 unspecified atom stereocenters. The monoisotopic (exact) mass is 546 g/mol. The fourth-order valence-corrected chi connectivity index (χ4v) is 6.42. The average Bonchev–Trinajstić information content (AvgIpc) is 3.53. The van der Waals surface area contributed by atoms with Gasteiger partial charge in [-0.3, -0.25) is 24.0 Å². The van der Waals surface area contributed by atoms with Crippen molar-refractivity contribution in [2.75, 3.05) is 6.54 Å². The molecular weight excluding hydrogens is 522 g/mol. The number of carbonyl (C=O) groups excluding carboxylic acids is 3. The number of nitrogens with one attached hydrogen (secondary N) is 1. The van der Waals surface area contributed by atoms with Crippen molar-refractivity contribution in [3.05, 3.63) is 98.4 Å². The number of rotatable bonds is 6. The van der Waals surface area contributed by atoms with Crippen LogP contribution in [0.5, 0.6) is 0 Å². The van der Waals surface area contributed by atoms with Gasteiger partial charge >= 0.3 is 0 Å². The second kappa shape index (κ2) is 9.85. The Labute approximate surface area is 227 Å². The van der Waals surface area contributed by atoms with E-state index in [1.165, 1.54) is 17.4 Å². The Morgan fingerprint density at radius 3 is 2.51 bits per heavy atom. The quantitative estimate of drug-likeness (QED) is 0.353. The maximum Gasteiger partial charge on any atom is 0.261 e. The summed E-state index contributed by atoms with van der Waals surface area (Å²) in [7, 11) is 0. The first-order chi connectivity index (χ1) is 18.8. The predicted octanol–water partition coefficient (Wildman–Crippen LogP) is 4.78. The molecule has 0 spiro atoms. The van der Waals surface area contributed by atoms with Gasteiger partial charge in [-0.15, -0.1) is 11.3 Å². The summed E-state index contributed by atoms with van der Waals surface area (Å²) >= 11 is 1.41. The Bertz CT molecular complexity index is 1610. The number of fused-ring (bicyclic) bond motifs is 4. The van der Waals surface area contributed by atoms with E-state index in [2.05, 4.69) is 10.4 Å². The van der Waals surface area contributed by atoms with Crippen LogP contribution < -0.4 is 5.32 Å². The van der Waals surface area contributed by atoms with Crippen LogP contribution in [0.4, 0.5) is 8.78 Å². The van der Waals surface area contributed by atoms with Crippen LogP contribution in [0.3, 0.4) is 0 Å². The summed E-state index contributed by atoms with van der Waals surface area (Å²) in [4.78, 5) is 42.2. The molecule has 2 aliphatic rings. The molecule has 198 valence electrons. The Balaban J connectivity index is 1.29. The van der Waals surface area contributed by atoms with Crippen LogP contribution >= 0.6 is 11.3 Å². The van der Waals surface area contributed by atoms with E-state index < -0.39 is 29.5 Å². The minimum atomic E-state index is -1.01. The SMILES string of the molecule is Cc1cnn2c1-c1cc(C(=O)NC(Cc3ccc(F)c(F)c3)CN3C(=O)c4ccccc4C3=O)sc1CCC2. The summed E-state index contributed by atoms with van der Waals surface area (Å²) in [6.07, 6.45) is 3.64. The van der Waals surface area contributed by atoms with Gasteiger partial charge in [0, 0.05) is 23.5 Å². The minimum Gasteiger partial charge on any atom is -0.346 e. The van der Waals surface area contributed by atoms with Crippen molar-refractivity contribution in [1.82, 2.24) is 20.0 Å². The van der Waals surface area contributed by atoms with Gasteiger partial charge < -0.3 is 5.32 Å². The molecule has 1 atom stereocenters. The highest BCUT2D eigenvalue weighted by atomic mass is 32.1. The molecule has 0 saturated carbocycles. The van der Waals surface area contributed by atoms with Gasteiger partial charge in [-0.1, -0.05) is 18.2 Å². The molecule has 10 heteroatoms. The van der Waals surface area contributed by atoms with Crippen molar-refractivity contribution < 1.29 is 23.2 Å². The van der Waals surface area contributed by atoms with Crippen LogP contribution in [0.1, 0.15) is 52.8 Å². The Hall–Kier alpha value is -4.18. The third-order valence-corrected chi connectivity index (χ3v) is 8.36. The smallest absolute Gasteiger partial charge is 0.261 e. The Morgan fingerprint density at radius 1 is 1.05 bits per heavy atom. The number of aryl methyl sites for hydroxylation is 3. The molecule has 4 heterocycles. The van der Waals surface area contributed by atoms with Gasteiger partial charge in [0.25, 0.3) is 17.7 Å². The molecule has 0 bridgehead atoms. The molecule has 0 fully saturated rings. The molecule has 2 aromatic carbocycles. The lowest BCUT2D eigenvalue weighted by molar-refractivity contribution is 0.0629. The van der Waals surface area contributed by atoms with Gasteiger partial charge in [0.15, 0.2) is 11.6 Å². The van der Waals surface area contributed by atoms with Gasteiger partial charge in [0.1, 0.15) is 0 Å². The molecule has 39 heavy (non-hydrogen) atoms. The van der Waals surface area contributed by atoms with E-state index in [9.17, 15) is 23.2 Å². The van der Waals surface area contributed by atoms with E-state index in [1.54, 1.807) is 24.3 Å².